The van der Waals surface area contributed by atoms with Gasteiger partial charge in [-0.05, 0) is 29.7 Å². The zero-order valence-corrected chi connectivity index (χ0v) is 20.1. The van der Waals surface area contributed by atoms with Crippen LogP contribution in [0.1, 0.15) is 18.1 Å². The number of carbonyl (C=O) groups excluding carboxylic acids is 1. The highest BCUT2D eigenvalue weighted by atomic mass is 127. The molecule has 30 heavy (non-hydrogen) atoms. The van der Waals surface area contributed by atoms with Gasteiger partial charge in [0.2, 0.25) is 5.91 Å². The molecule has 1 heterocycles. The van der Waals surface area contributed by atoms with Crippen molar-refractivity contribution in [2.75, 3.05) is 44.7 Å². The lowest BCUT2D eigenvalue weighted by Gasteiger charge is -2.36. The van der Waals surface area contributed by atoms with E-state index in [2.05, 4.69) is 57.8 Å². The van der Waals surface area contributed by atoms with Crippen molar-refractivity contribution >= 4 is 41.5 Å². The highest BCUT2D eigenvalue weighted by molar-refractivity contribution is 14.0. The summed E-state index contributed by atoms with van der Waals surface area (Å²) < 4.78 is 0. The van der Waals surface area contributed by atoms with Crippen molar-refractivity contribution in [3.63, 3.8) is 0 Å². The molecule has 0 aliphatic carbocycles. The van der Waals surface area contributed by atoms with Crippen molar-refractivity contribution in [1.29, 1.82) is 0 Å². The van der Waals surface area contributed by atoms with Gasteiger partial charge in [0.25, 0.3) is 0 Å². The van der Waals surface area contributed by atoms with E-state index in [1.165, 1.54) is 16.8 Å². The summed E-state index contributed by atoms with van der Waals surface area (Å²) in [7, 11) is 1.73. The number of benzene rings is 2. The van der Waals surface area contributed by atoms with Crippen molar-refractivity contribution < 1.29 is 4.79 Å². The number of nitrogens with one attached hydrogen (secondary N) is 2. The summed E-state index contributed by atoms with van der Waals surface area (Å²) in [6.45, 7) is 6.29. The number of anilines is 1. The number of aliphatic imine (C=N–C) groups is 1. The third kappa shape index (κ3) is 6.62. The number of hydrogen-bond acceptors (Lipinski definition) is 3. The van der Waals surface area contributed by atoms with E-state index in [0.29, 0.717) is 12.5 Å². The van der Waals surface area contributed by atoms with E-state index in [4.69, 9.17) is 0 Å². The fraction of sp³-hybridized carbons (Fsp3) is 0.391. The molecule has 0 radical (unpaired) electrons. The second-order valence-electron chi connectivity index (χ2n) is 7.10. The first-order valence-corrected chi connectivity index (χ1v) is 10.3. The van der Waals surface area contributed by atoms with Crippen LogP contribution in [-0.4, -0.2) is 56.5 Å². The van der Waals surface area contributed by atoms with Crippen molar-refractivity contribution in [3.8, 4) is 0 Å². The molecule has 7 heteroatoms. The maximum absolute atomic E-state index is 12.6. The minimum absolute atomic E-state index is 0. The summed E-state index contributed by atoms with van der Waals surface area (Å²) in [5, 5.41) is 6.46. The Morgan fingerprint density at radius 1 is 0.933 bits per heavy atom. The molecular formula is C23H32IN5O. The fourth-order valence-corrected chi connectivity index (χ4v) is 3.60. The molecular weight excluding hydrogens is 489 g/mol. The summed E-state index contributed by atoms with van der Waals surface area (Å²) in [6.07, 6.45) is 0.997. The third-order valence-corrected chi connectivity index (χ3v) is 5.33. The van der Waals surface area contributed by atoms with Crippen LogP contribution in [0.5, 0.6) is 0 Å². The Hall–Kier alpha value is -2.29. The first-order chi connectivity index (χ1) is 14.2. The number of nitrogens with zero attached hydrogens (tertiary/aromatic N) is 3. The molecule has 1 aliphatic rings. The predicted octanol–water partition coefficient (Wildman–Crippen LogP) is 2.88. The van der Waals surface area contributed by atoms with Crippen LogP contribution in [0, 0.1) is 0 Å². The molecule has 1 saturated heterocycles. The van der Waals surface area contributed by atoms with Gasteiger partial charge >= 0.3 is 0 Å². The molecule has 6 nitrogen and oxygen atoms in total. The first kappa shape index (κ1) is 24.0. The second-order valence-corrected chi connectivity index (χ2v) is 7.10. The van der Waals surface area contributed by atoms with Crippen LogP contribution >= 0.6 is 24.0 Å². The standard InChI is InChI=1S/C23H31N5O.HI/c1-3-19-9-7-8-10-20(19)17-25-23(24-2)26-18-22(29)28-15-13-27(14-16-28)21-11-5-4-6-12-21;/h4-12H,3,13-18H2,1-2H3,(H2,24,25,26);1H. The lowest BCUT2D eigenvalue weighted by Crippen LogP contribution is -2.52. The molecule has 0 unspecified atom stereocenters. The van der Waals surface area contributed by atoms with Crippen LogP contribution in [0.15, 0.2) is 59.6 Å². The summed E-state index contributed by atoms with van der Waals surface area (Å²) in [4.78, 5) is 21.1. The number of hydrogen-bond donors (Lipinski definition) is 2. The van der Waals surface area contributed by atoms with Crippen LogP contribution in [0.4, 0.5) is 5.69 Å². The Balaban J connectivity index is 0.00000320. The Kier molecular flexibility index (Phi) is 9.93. The number of rotatable bonds is 6. The van der Waals surface area contributed by atoms with Crippen molar-refractivity contribution in [2.45, 2.75) is 19.9 Å². The minimum Gasteiger partial charge on any atom is -0.368 e. The van der Waals surface area contributed by atoms with E-state index >= 15 is 0 Å². The molecule has 1 amide bonds. The Labute approximate surface area is 196 Å². The van der Waals surface area contributed by atoms with Gasteiger partial charge in [0, 0.05) is 45.5 Å². The molecule has 0 saturated carbocycles. The second kappa shape index (κ2) is 12.4. The smallest absolute Gasteiger partial charge is 0.242 e. The molecule has 3 rings (SSSR count). The number of aryl methyl sites for hydroxylation is 1. The number of amides is 1. The summed E-state index contributed by atoms with van der Waals surface area (Å²) in [5.74, 6) is 0.752. The summed E-state index contributed by atoms with van der Waals surface area (Å²) in [5.41, 5.74) is 3.79. The predicted molar refractivity (Wildman–Crippen MR) is 135 cm³/mol. The zero-order valence-electron chi connectivity index (χ0n) is 17.8. The largest absolute Gasteiger partial charge is 0.368 e. The number of para-hydroxylation sites is 1. The number of piperazine rings is 1. The van der Waals surface area contributed by atoms with Crippen molar-refractivity contribution in [2.24, 2.45) is 4.99 Å². The Morgan fingerprint density at radius 3 is 2.20 bits per heavy atom. The number of carbonyl (C=O) groups is 1. The maximum atomic E-state index is 12.6. The number of guanidine groups is 1. The molecule has 1 fully saturated rings. The van der Waals surface area contributed by atoms with Gasteiger partial charge < -0.3 is 20.4 Å². The highest BCUT2D eigenvalue weighted by Gasteiger charge is 2.21. The average molecular weight is 521 g/mol. The van der Waals surface area contributed by atoms with Crippen LogP contribution in [0.3, 0.4) is 0 Å². The van der Waals surface area contributed by atoms with Gasteiger partial charge in [0.15, 0.2) is 5.96 Å². The van der Waals surface area contributed by atoms with Crippen molar-refractivity contribution in [3.05, 3.63) is 65.7 Å². The van der Waals surface area contributed by atoms with E-state index in [1.807, 2.05) is 29.2 Å². The van der Waals surface area contributed by atoms with Gasteiger partial charge in [-0.25, -0.2) is 0 Å². The van der Waals surface area contributed by atoms with Gasteiger partial charge in [-0.1, -0.05) is 49.4 Å². The van der Waals surface area contributed by atoms with E-state index < -0.39 is 0 Å². The summed E-state index contributed by atoms with van der Waals surface area (Å²) >= 11 is 0. The fourth-order valence-electron chi connectivity index (χ4n) is 3.60. The van der Waals surface area contributed by atoms with Crippen LogP contribution in [0.25, 0.3) is 0 Å². The molecule has 1 aliphatic heterocycles. The van der Waals surface area contributed by atoms with Gasteiger partial charge in [-0.3, -0.25) is 9.79 Å². The molecule has 2 N–H and O–H groups in total. The molecule has 0 atom stereocenters. The van der Waals surface area contributed by atoms with Crippen LogP contribution in [0.2, 0.25) is 0 Å². The van der Waals surface area contributed by atoms with Crippen LogP contribution < -0.4 is 15.5 Å². The quantitative estimate of drug-likeness (QED) is 0.349. The van der Waals surface area contributed by atoms with Crippen LogP contribution in [-0.2, 0) is 17.8 Å². The first-order valence-electron chi connectivity index (χ1n) is 10.3. The molecule has 0 bridgehead atoms. The van der Waals surface area contributed by atoms with Gasteiger partial charge in [0.1, 0.15) is 0 Å². The molecule has 0 aromatic heterocycles. The van der Waals surface area contributed by atoms with Gasteiger partial charge in [-0.2, -0.15) is 0 Å². The third-order valence-electron chi connectivity index (χ3n) is 5.33. The summed E-state index contributed by atoms with van der Waals surface area (Å²) in [6, 6.07) is 18.7. The SMILES string of the molecule is CCc1ccccc1CNC(=NC)NCC(=O)N1CCN(c2ccccc2)CC1.I. The van der Waals surface area contributed by atoms with Gasteiger partial charge in [-0.15, -0.1) is 24.0 Å². The average Bonchev–Trinajstić information content (AvgIpc) is 2.80. The van der Waals surface area contributed by atoms with E-state index in [9.17, 15) is 4.79 Å². The lowest BCUT2D eigenvalue weighted by molar-refractivity contribution is -0.130. The minimum atomic E-state index is 0. The van der Waals surface area contributed by atoms with Gasteiger partial charge in [0.05, 0.1) is 6.54 Å². The van der Waals surface area contributed by atoms with Crippen molar-refractivity contribution in [1.82, 2.24) is 15.5 Å². The monoisotopic (exact) mass is 521 g/mol. The molecule has 0 spiro atoms. The Morgan fingerprint density at radius 2 is 1.57 bits per heavy atom. The normalized spacial score (nSPS) is 14.1. The zero-order chi connectivity index (χ0) is 20.5. The lowest BCUT2D eigenvalue weighted by atomic mass is 10.1. The molecule has 2 aromatic rings. The number of halogens is 1. The highest BCUT2D eigenvalue weighted by Crippen LogP contribution is 2.15. The van der Waals surface area contributed by atoms with E-state index in [-0.39, 0.29) is 36.4 Å². The maximum Gasteiger partial charge on any atom is 0.242 e. The van der Waals surface area contributed by atoms with E-state index in [1.54, 1.807) is 7.05 Å². The Bertz CT molecular complexity index is 819. The van der Waals surface area contributed by atoms with E-state index in [0.717, 1.165) is 32.6 Å². The molecule has 162 valence electrons. The molecule has 2 aromatic carbocycles. The topological polar surface area (TPSA) is 60.0 Å².